The molecule has 31 heavy (non-hydrogen) atoms. The van der Waals surface area contributed by atoms with E-state index in [1.54, 1.807) is 24.3 Å². The molecule has 2 aromatic rings. The molecule has 0 bridgehead atoms. The first-order valence-corrected chi connectivity index (χ1v) is 12.6. The average Bonchev–Trinajstić information content (AvgIpc) is 2.70. The number of hydrogen-bond acceptors (Lipinski definition) is 4. The van der Waals surface area contributed by atoms with E-state index >= 15 is 0 Å². The lowest BCUT2D eigenvalue weighted by molar-refractivity contribution is -0.121. The molecule has 0 aliphatic heterocycles. The van der Waals surface area contributed by atoms with Gasteiger partial charge in [0.05, 0.1) is 24.6 Å². The van der Waals surface area contributed by atoms with Crippen molar-refractivity contribution in [3.05, 3.63) is 59.2 Å². The van der Waals surface area contributed by atoms with Crippen LogP contribution in [0.3, 0.4) is 0 Å². The van der Waals surface area contributed by atoms with Gasteiger partial charge in [0.1, 0.15) is 5.75 Å². The highest BCUT2D eigenvalue weighted by atomic mass is 32.2. The molecule has 0 aliphatic rings. The van der Waals surface area contributed by atoms with Crippen LogP contribution < -0.4 is 14.4 Å². The summed E-state index contributed by atoms with van der Waals surface area (Å²) < 4.78 is 31.7. The summed E-state index contributed by atoms with van der Waals surface area (Å²) in [5.41, 5.74) is 3.96. The second kappa shape index (κ2) is 11.2. The third-order valence-electron chi connectivity index (χ3n) is 5.14. The molecule has 170 valence electrons. The molecule has 0 saturated heterocycles. The second-order valence-corrected chi connectivity index (χ2v) is 9.63. The third kappa shape index (κ3) is 6.99. The number of amides is 1. The molecular formula is C24H34N2O4S. The van der Waals surface area contributed by atoms with E-state index in [2.05, 4.69) is 30.4 Å². The number of ether oxygens (including phenoxy) is 1. The van der Waals surface area contributed by atoms with Gasteiger partial charge >= 0.3 is 0 Å². The highest BCUT2D eigenvalue weighted by Gasteiger charge is 2.21. The molecule has 1 amide bonds. The summed E-state index contributed by atoms with van der Waals surface area (Å²) in [5, 5.41) is 3.10. The minimum absolute atomic E-state index is 0.0576. The van der Waals surface area contributed by atoms with Crippen molar-refractivity contribution in [1.29, 1.82) is 0 Å². The van der Waals surface area contributed by atoms with Crippen LogP contribution in [0.4, 0.5) is 5.69 Å². The molecule has 0 spiro atoms. The smallest absolute Gasteiger partial charge is 0.232 e. The summed E-state index contributed by atoms with van der Waals surface area (Å²) in [6.07, 6.45) is 2.60. The number of anilines is 1. The molecule has 6 nitrogen and oxygen atoms in total. The third-order valence-corrected chi connectivity index (χ3v) is 6.32. The van der Waals surface area contributed by atoms with Crippen molar-refractivity contribution >= 4 is 21.6 Å². The number of carbonyl (C=O) groups is 1. The summed E-state index contributed by atoms with van der Waals surface area (Å²) in [5.74, 6) is 0.430. The van der Waals surface area contributed by atoms with Crippen LogP contribution in [0.15, 0.2) is 42.5 Å². The van der Waals surface area contributed by atoms with Crippen molar-refractivity contribution in [2.24, 2.45) is 0 Å². The van der Waals surface area contributed by atoms with E-state index in [9.17, 15) is 13.2 Å². The number of aryl methyl sites for hydroxylation is 2. The van der Waals surface area contributed by atoms with Crippen molar-refractivity contribution in [1.82, 2.24) is 5.32 Å². The minimum atomic E-state index is -3.52. The summed E-state index contributed by atoms with van der Waals surface area (Å²) in [7, 11) is -3.52. The van der Waals surface area contributed by atoms with E-state index < -0.39 is 10.0 Å². The Morgan fingerprint density at radius 3 is 2.45 bits per heavy atom. The van der Waals surface area contributed by atoms with Gasteiger partial charge in [0.15, 0.2) is 0 Å². The number of para-hydroxylation sites is 2. The summed E-state index contributed by atoms with van der Waals surface area (Å²) in [4.78, 5) is 12.6. The predicted molar refractivity (Wildman–Crippen MR) is 126 cm³/mol. The van der Waals surface area contributed by atoms with Crippen LogP contribution in [0.5, 0.6) is 5.75 Å². The fraction of sp³-hybridized carbons (Fsp3) is 0.458. The average molecular weight is 447 g/mol. The van der Waals surface area contributed by atoms with Gasteiger partial charge in [-0.25, -0.2) is 8.42 Å². The Balaban J connectivity index is 2.04. The van der Waals surface area contributed by atoms with Crippen LogP contribution in [0.1, 0.15) is 55.8 Å². The van der Waals surface area contributed by atoms with Gasteiger partial charge in [0, 0.05) is 13.0 Å². The number of carbonyl (C=O) groups excluding carboxylic acids is 1. The topological polar surface area (TPSA) is 75.7 Å². The van der Waals surface area contributed by atoms with Gasteiger partial charge in [-0.05, 0) is 56.9 Å². The zero-order valence-corrected chi connectivity index (χ0v) is 20.0. The molecule has 2 rings (SSSR count). The first kappa shape index (κ1) is 24.7. The van der Waals surface area contributed by atoms with Crippen LogP contribution in [0.25, 0.3) is 0 Å². The van der Waals surface area contributed by atoms with Gasteiger partial charge in [-0.1, -0.05) is 42.8 Å². The fourth-order valence-corrected chi connectivity index (χ4v) is 4.64. The molecule has 0 saturated carbocycles. The van der Waals surface area contributed by atoms with Crippen LogP contribution in [0.2, 0.25) is 0 Å². The number of benzene rings is 2. The lowest BCUT2D eigenvalue weighted by atomic mass is 9.97. The van der Waals surface area contributed by atoms with E-state index in [0.29, 0.717) is 24.5 Å². The van der Waals surface area contributed by atoms with E-state index in [1.165, 1.54) is 16.1 Å². The SMILES string of the molecule is CCOc1ccccc1N(CCCC(=O)N[C@@H](CC)c1ccc(C)cc1C)S(C)(=O)=O. The Morgan fingerprint density at radius 1 is 1.13 bits per heavy atom. The first-order valence-electron chi connectivity index (χ1n) is 10.7. The van der Waals surface area contributed by atoms with Gasteiger partial charge in [-0.3, -0.25) is 9.10 Å². The van der Waals surface area contributed by atoms with Gasteiger partial charge in [0.25, 0.3) is 0 Å². The predicted octanol–water partition coefficient (Wildman–Crippen LogP) is 4.52. The maximum absolute atomic E-state index is 12.6. The Kier molecular flexibility index (Phi) is 8.92. The Bertz CT molecular complexity index is 989. The van der Waals surface area contributed by atoms with E-state index in [0.717, 1.165) is 17.5 Å². The quantitative estimate of drug-likeness (QED) is 0.551. The number of sulfonamides is 1. The molecule has 0 aliphatic carbocycles. The number of hydrogen-bond donors (Lipinski definition) is 1. The molecule has 0 unspecified atom stereocenters. The number of rotatable bonds is 11. The van der Waals surface area contributed by atoms with Crippen molar-refractivity contribution < 1.29 is 17.9 Å². The molecule has 7 heteroatoms. The first-order chi connectivity index (χ1) is 14.7. The second-order valence-electron chi connectivity index (χ2n) is 7.73. The molecule has 0 radical (unpaired) electrons. The maximum atomic E-state index is 12.6. The van der Waals surface area contributed by atoms with Crippen molar-refractivity contribution in [3.8, 4) is 5.75 Å². The molecule has 0 heterocycles. The Labute approximate surface area is 186 Å². The maximum Gasteiger partial charge on any atom is 0.232 e. The van der Waals surface area contributed by atoms with Crippen molar-refractivity contribution in [3.63, 3.8) is 0 Å². The van der Waals surface area contributed by atoms with Gasteiger partial charge in [-0.2, -0.15) is 0 Å². The lowest BCUT2D eigenvalue weighted by Gasteiger charge is -2.25. The molecule has 2 aromatic carbocycles. The van der Waals surface area contributed by atoms with Crippen molar-refractivity contribution in [2.75, 3.05) is 23.7 Å². The zero-order valence-electron chi connectivity index (χ0n) is 19.1. The van der Waals surface area contributed by atoms with Crippen LogP contribution >= 0.6 is 0 Å². The number of nitrogens with zero attached hydrogens (tertiary/aromatic N) is 1. The Morgan fingerprint density at radius 2 is 1.84 bits per heavy atom. The van der Waals surface area contributed by atoms with E-state index in [-0.39, 0.29) is 24.9 Å². The zero-order chi connectivity index (χ0) is 23.0. The highest BCUT2D eigenvalue weighted by molar-refractivity contribution is 7.92. The summed E-state index contributed by atoms with van der Waals surface area (Å²) in [6.45, 7) is 8.64. The number of nitrogens with one attached hydrogen (secondary N) is 1. The lowest BCUT2D eigenvalue weighted by Crippen LogP contribution is -2.33. The highest BCUT2D eigenvalue weighted by Crippen LogP contribution is 2.30. The minimum Gasteiger partial charge on any atom is -0.492 e. The Hall–Kier alpha value is -2.54. The van der Waals surface area contributed by atoms with Crippen LogP contribution in [-0.2, 0) is 14.8 Å². The molecule has 1 atom stereocenters. The van der Waals surface area contributed by atoms with Gasteiger partial charge in [0.2, 0.25) is 15.9 Å². The fourth-order valence-electron chi connectivity index (χ4n) is 3.67. The van der Waals surface area contributed by atoms with Gasteiger partial charge < -0.3 is 10.1 Å². The molecular weight excluding hydrogens is 412 g/mol. The summed E-state index contributed by atoms with van der Waals surface area (Å²) >= 11 is 0. The van der Waals surface area contributed by atoms with E-state index in [1.807, 2.05) is 20.8 Å². The monoisotopic (exact) mass is 446 g/mol. The molecule has 0 fully saturated rings. The normalized spacial score (nSPS) is 12.3. The van der Waals surface area contributed by atoms with Crippen LogP contribution in [-0.4, -0.2) is 33.7 Å². The van der Waals surface area contributed by atoms with Gasteiger partial charge in [-0.15, -0.1) is 0 Å². The van der Waals surface area contributed by atoms with Crippen molar-refractivity contribution in [2.45, 2.75) is 53.0 Å². The van der Waals surface area contributed by atoms with E-state index in [4.69, 9.17) is 4.74 Å². The standard InChI is InChI=1S/C24H34N2O4S/c1-6-21(20-15-14-18(3)17-19(20)4)25-24(27)13-10-16-26(31(5,28)29)22-11-8-9-12-23(22)30-7-2/h8-9,11-12,14-15,17,21H,6-7,10,13,16H2,1-5H3,(H,25,27)/t21-/m0/s1. The largest absolute Gasteiger partial charge is 0.492 e. The van der Waals surface area contributed by atoms with Crippen LogP contribution in [0, 0.1) is 13.8 Å². The summed E-state index contributed by atoms with van der Waals surface area (Å²) in [6, 6.07) is 13.2. The molecule has 1 N–H and O–H groups in total. The molecule has 0 aromatic heterocycles.